The molecule has 2 heterocycles. The van der Waals surface area contributed by atoms with Crippen molar-refractivity contribution in [3.05, 3.63) is 42.4 Å². The molecule has 4 aliphatic carbocycles. The Morgan fingerprint density at radius 2 is 1.89 bits per heavy atom. The van der Waals surface area contributed by atoms with E-state index < -0.39 is 23.5 Å². The lowest BCUT2D eigenvalue weighted by molar-refractivity contribution is -0.199. The Morgan fingerprint density at radius 3 is 2.59 bits per heavy atom. The molecule has 2 bridgehead atoms. The summed E-state index contributed by atoms with van der Waals surface area (Å²) < 4.78 is 33.5. The van der Waals surface area contributed by atoms with Gasteiger partial charge in [-0.05, 0) is 60.8 Å². The summed E-state index contributed by atoms with van der Waals surface area (Å²) in [5.41, 5.74) is 1.86. The van der Waals surface area contributed by atoms with Crippen LogP contribution in [0.15, 0.2) is 36.8 Å². The number of rotatable bonds is 3. The number of alkyl halides is 2. The van der Waals surface area contributed by atoms with Crippen molar-refractivity contribution in [1.82, 2.24) is 9.55 Å². The highest BCUT2D eigenvalue weighted by atomic mass is 19.3. The highest BCUT2D eigenvalue weighted by molar-refractivity contribution is 5.69. The fraction of sp³-hybridized carbons (Fsp3) is 0.591. The fourth-order valence-corrected chi connectivity index (χ4v) is 8.25. The van der Waals surface area contributed by atoms with Gasteiger partial charge in [0.15, 0.2) is 0 Å². The van der Waals surface area contributed by atoms with E-state index >= 15 is 8.78 Å². The molecule has 0 amide bonds. The highest BCUT2D eigenvalue weighted by Gasteiger charge is 2.80. The first-order valence-corrected chi connectivity index (χ1v) is 10.1. The predicted molar refractivity (Wildman–Crippen MR) is 95.2 cm³/mol. The van der Waals surface area contributed by atoms with Crippen molar-refractivity contribution >= 4 is 0 Å². The number of aliphatic hydroxyl groups is 1. The molecule has 3 nitrogen and oxygen atoms in total. The van der Waals surface area contributed by atoms with E-state index in [1.807, 2.05) is 18.2 Å². The minimum Gasteiger partial charge on any atom is -0.386 e. The molecular formula is C22H22F2N2O. The number of hydrogen-bond acceptors (Lipinski definition) is 2. The molecule has 5 aliphatic rings. The summed E-state index contributed by atoms with van der Waals surface area (Å²) in [7, 11) is 0. The first-order chi connectivity index (χ1) is 13.0. The van der Waals surface area contributed by atoms with Crippen LogP contribution < -0.4 is 0 Å². The van der Waals surface area contributed by atoms with E-state index in [9.17, 15) is 5.11 Å². The first-order valence-electron chi connectivity index (χ1n) is 10.1. The Labute approximate surface area is 156 Å². The lowest BCUT2D eigenvalue weighted by Crippen LogP contribution is -2.60. The molecule has 2 aromatic rings. The zero-order valence-corrected chi connectivity index (χ0v) is 15.0. The van der Waals surface area contributed by atoms with Gasteiger partial charge in [-0.15, -0.1) is 0 Å². The third-order valence-corrected chi connectivity index (χ3v) is 9.17. The van der Waals surface area contributed by atoms with Crippen LogP contribution in [0.1, 0.15) is 43.7 Å². The van der Waals surface area contributed by atoms with E-state index in [0.717, 1.165) is 36.4 Å². The largest absolute Gasteiger partial charge is 0.386 e. The number of fused-ring (bicyclic) bond motifs is 4. The summed E-state index contributed by atoms with van der Waals surface area (Å²) in [6.45, 7) is 0. The zero-order valence-electron chi connectivity index (χ0n) is 15.0. The van der Waals surface area contributed by atoms with Gasteiger partial charge in [0.05, 0.1) is 18.2 Å². The van der Waals surface area contributed by atoms with Crippen molar-refractivity contribution in [3.63, 3.8) is 0 Å². The van der Waals surface area contributed by atoms with E-state index in [4.69, 9.17) is 0 Å². The average Bonchev–Trinajstić information content (AvgIpc) is 3.34. The van der Waals surface area contributed by atoms with Gasteiger partial charge in [0.2, 0.25) is 0 Å². The second-order valence-electron chi connectivity index (χ2n) is 9.87. The molecular weight excluding hydrogens is 346 g/mol. The Bertz CT molecular complexity index is 966. The standard InChI is InChI=1S/C22H22F2N2O/c23-22(24,18-16-4-2-1-3-15(16)17-9-25-11-26(17)18)19(27)20-7-13-5-12-6-14(8-20)21(12,13)10-20/h1-4,9,11-14,18-19,27H,5-8,10H2. The van der Waals surface area contributed by atoms with E-state index in [0.29, 0.717) is 22.8 Å². The summed E-state index contributed by atoms with van der Waals surface area (Å²) in [5, 5.41) is 11.2. The highest BCUT2D eigenvalue weighted by Crippen LogP contribution is 2.85. The van der Waals surface area contributed by atoms with Gasteiger partial charge < -0.3 is 9.67 Å². The normalized spacial score (nSPS) is 43.5. The van der Waals surface area contributed by atoms with Crippen LogP contribution in [0.4, 0.5) is 8.78 Å². The molecule has 1 N–H and O–H groups in total. The van der Waals surface area contributed by atoms with E-state index in [-0.39, 0.29) is 0 Å². The topological polar surface area (TPSA) is 38.1 Å². The van der Waals surface area contributed by atoms with Crippen LogP contribution >= 0.6 is 0 Å². The minimum absolute atomic E-state index is 0.324. The molecule has 1 aromatic heterocycles. The Morgan fingerprint density at radius 1 is 1.15 bits per heavy atom. The number of benzene rings is 1. The number of imidazole rings is 1. The first kappa shape index (κ1) is 15.2. The van der Waals surface area contributed by atoms with Crippen LogP contribution in [0.5, 0.6) is 0 Å². The molecule has 27 heavy (non-hydrogen) atoms. The molecule has 140 valence electrons. The van der Waals surface area contributed by atoms with Crippen molar-refractivity contribution in [2.75, 3.05) is 0 Å². The lowest BCUT2D eigenvalue weighted by Gasteiger charge is -2.66. The van der Waals surface area contributed by atoms with Gasteiger partial charge in [0.25, 0.3) is 5.92 Å². The van der Waals surface area contributed by atoms with E-state index in [1.165, 1.54) is 19.2 Å². The van der Waals surface area contributed by atoms with Crippen LogP contribution in [0.3, 0.4) is 0 Å². The van der Waals surface area contributed by atoms with Crippen LogP contribution in [0.25, 0.3) is 11.3 Å². The van der Waals surface area contributed by atoms with Crippen molar-refractivity contribution in [3.8, 4) is 11.3 Å². The van der Waals surface area contributed by atoms with Crippen LogP contribution in [0.2, 0.25) is 0 Å². The number of nitrogens with zero attached hydrogens (tertiary/aromatic N) is 2. The van der Waals surface area contributed by atoms with Crippen molar-refractivity contribution < 1.29 is 13.9 Å². The molecule has 1 aromatic carbocycles. The average molecular weight is 368 g/mol. The second kappa shape index (κ2) is 4.29. The lowest BCUT2D eigenvalue weighted by atomic mass is 9.38. The molecule has 0 saturated heterocycles. The van der Waals surface area contributed by atoms with Gasteiger partial charge in [-0.2, -0.15) is 0 Å². The maximum Gasteiger partial charge on any atom is 0.298 e. The van der Waals surface area contributed by atoms with Gasteiger partial charge in [-0.1, -0.05) is 24.3 Å². The number of aliphatic hydroxyl groups excluding tert-OH is 1. The van der Waals surface area contributed by atoms with Gasteiger partial charge in [0, 0.05) is 11.0 Å². The molecule has 1 aliphatic heterocycles. The zero-order chi connectivity index (χ0) is 18.2. The summed E-state index contributed by atoms with van der Waals surface area (Å²) >= 11 is 0. The molecule has 4 atom stereocenters. The maximum absolute atomic E-state index is 16.0. The second-order valence-corrected chi connectivity index (χ2v) is 9.87. The molecule has 4 saturated carbocycles. The minimum atomic E-state index is -3.22. The van der Waals surface area contributed by atoms with E-state index in [2.05, 4.69) is 4.98 Å². The van der Waals surface area contributed by atoms with Crippen molar-refractivity contribution in [2.45, 2.75) is 50.2 Å². The molecule has 5 heteroatoms. The number of halogens is 2. The number of aromatic nitrogens is 2. The van der Waals surface area contributed by atoms with Crippen molar-refractivity contribution in [2.24, 2.45) is 28.6 Å². The monoisotopic (exact) mass is 368 g/mol. The fourth-order valence-electron chi connectivity index (χ4n) is 8.25. The summed E-state index contributed by atoms with van der Waals surface area (Å²) in [5.74, 6) is -1.30. The Balaban J connectivity index is 1.32. The van der Waals surface area contributed by atoms with Gasteiger partial charge in [-0.3, -0.25) is 0 Å². The van der Waals surface area contributed by atoms with Gasteiger partial charge in [-0.25, -0.2) is 13.8 Å². The van der Waals surface area contributed by atoms with Crippen molar-refractivity contribution in [1.29, 1.82) is 0 Å². The summed E-state index contributed by atoms with van der Waals surface area (Å²) in [6, 6.07) is 6.16. The van der Waals surface area contributed by atoms with E-state index in [1.54, 1.807) is 16.8 Å². The predicted octanol–water partition coefficient (Wildman–Crippen LogP) is 4.28. The smallest absolute Gasteiger partial charge is 0.298 e. The quantitative estimate of drug-likeness (QED) is 0.878. The third-order valence-electron chi connectivity index (χ3n) is 9.17. The molecule has 4 unspecified atom stereocenters. The summed E-state index contributed by atoms with van der Waals surface area (Å²) in [6.07, 6.45) is 6.36. The van der Waals surface area contributed by atoms with Gasteiger partial charge >= 0.3 is 0 Å². The molecule has 7 rings (SSSR count). The molecule has 4 fully saturated rings. The maximum atomic E-state index is 16.0. The van der Waals surface area contributed by atoms with Crippen LogP contribution in [0, 0.1) is 28.6 Å². The SMILES string of the molecule is OC(C12CC3CC4CC(C1)C43C2)C(F)(F)C1c2ccccc2-c2cncn21. The summed E-state index contributed by atoms with van der Waals surface area (Å²) in [4.78, 5) is 4.11. The van der Waals surface area contributed by atoms with Crippen LogP contribution in [-0.4, -0.2) is 26.7 Å². The van der Waals surface area contributed by atoms with Gasteiger partial charge in [0.1, 0.15) is 12.1 Å². The third kappa shape index (κ3) is 1.44. The number of hydrogen-bond donors (Lipinski definition) is 1. The Kier molecular flexibility index (Phi) is 2.42. The van der Waals surface area contributed by atoms with Crippen LogP contribution in [-0.2, 0) is 0 Å². The Hall–Kier alpha value is -1.75. The molecule has 1 spiro atoms. The molecule has 0 radical (unpaired) electrons.